The molecule has 52 heavy (non-hydrogen) atoms. The van der Waals surface area contributed by atoms with Gasteiger partial charge in [-0.15, -0.1) is 0 Å². The molecule has 0 saturated carbocycles. The van der Waals surface area contributed by atoms with Crippen LogP contribution in [0.2, 0.25) is 0 Å². The Morgan fingerprint density at radius 3 is 1.08 bits per heavy atom. The number of rotatable bonds is 34. The molecule has 0 aliphatic carbocycles. The van der Waals surface area contributed by atoms with Crippen LogP contribution in [0.1, 0.15) is 208 Å². The number of aldehydes is 1. The molecular formula is C49H88O3. The minimum atomic E-state index is -0.0743. The second-order valence-electron chi connectivity index (χ2n) is 18.5. The average molecular weight is 725 g/mol. The molecule has 8 atom stereocenters. The van der Waals surface area contributed by atoms with E-state index in [0.29, 0.717) is 18.3 Å². The van der Waals surface area contributed by atoms with E-state index in [1.165, 1.54) is 136 Å². The zero-order valence-electron chi connectivity index (χ0n) is 36.2. The number of methoxy groups -OCH3 is 1. The molecule has 8 unspecified atom stereocenters. The van der Waals surface area contributed by atoms with Crippen molar-refractivity contribution in [2.24, 2.45) is 47.3 Å². The van der Waals surface area contributed by atoms with Gasteiger partial charge in [-0.3, -0.25) is 4.79 Å². The lowest BCUT2D eigenvalue weighted by Gasteiger charge is -2.19. The molecule has 0 amide bonds. The van der Waals surface area contributed by atoms with E-state index < -0.39 is 0 Å². The highest BCUT2D eigenvalue weighted by Gasteiger charge is 2.14. The summed E-state index contributed by atoms with van der Waals surface area (Å²) in [6.07, 6.45) is 31.0. The van der Waals surface area contributed by atoms with Crippen LogP contribution < -0.4 is 0 Å². The van der Waals surface area contributed by atoms with Crippen molar-refractivity contribution in [1.82, 2.24) is 0 Å². The van der Waals surface area contributed by atoms with Crippen LogP contribution in [-0.4, -0.2) is 19.4 Å². The summed E-state index contributed by atoms with van der Waals surface area (Å²) in [6.45, 7) is 19.3. The number of carbonyl (C=O) groups excluding carboxylic acids is 2. The maximum atomic E-state index is 11.4. The van der Waals surface area contributed by atoms with Crippen LogP contribution in [-0.2, 0) is 27.2 Å². The molecule has 1 aromatic carbocycles. The molecule has 0 aliphatic rings. The average Bonchev–Trinajstić information content (AvgIpc) is 3.10. The third kappa shape index (κ3) is 26.2. The zero-order valence-corrected chi connectivity index (χ0v) is 36.2. The Hall–Kier alpha value is -1.64. The van der Waals surface area contributed by atoms with Crippen LogP contribution in [0.15, 0.2) is 24.3 Å². The predicted molar refractivity (Wildman–Crippen MR) is 227 cm³/mol. The first-order chi connectivity index (χ1) is 24.9. The molecule has 1 rings (SSSR count). The molecule has 0 spiro atoms. The summed E-state index contributed by atoms with van der Waals surface area (Å²) in [7, 11) is 1.48. The molecule has 0 N–H and O–H groups in total. The lowest BCUT2D eigenvalue weighted by Crippen LogP contribution is -2.08. The third-order valence-corrected chi connectivity index (χ3v) is 12.5. The van der Waals surface area contributed by atoms with Gasteiger partial charge in [0, 0.05) is 12.8 Å². The first kappa shape index (κ1) is 48.4. The Morgan fingerprint density at radius 1 is 0.481 bits per heavy atom. The predicted octanol–water partition coefficient (Wildman–Crippen LogP) is 14.8. The molecule has 1 aromatic rings. The van der Waals surface area contributed by atoms with E-state index in [2.05, 4.69) is 79.7 Å². The van der Waals surface area contributed by atoms with Crippen LogP contribution in [0, 0.1) is 47.3 Å². The van der Waals surface area contributed by atoms with Crippen molar-refractivity contribution >= 4 is 12.3 Å². The van der Waals surface area contributed by atoms with Crippen LogP contribution in [0.5, 0.6) is 0 Å². The highest BCUT2D eigenvalue weighted by atomic mass is 16.5. The first-order valence-corrected chi connectivity index (χ1v) is 22.5. The summed E-state index contributed by atoms with van der Waals surface area (Å²) in [5.41, 5.74) is 3.19. The van der Waals surface area contributed by atoms with E-state index in [1.807, 2.05) is 0 Å². The molecule has 0 saturated heterocycles. The van der Waals surface area contributed by atoms with Crippen molar-refractivity contribution < 1.29 is 14.3 Å². The van der Waals surface area contributed by atoms with Crippen LogP contribution >= 0.6 is 0 Å². The monoisotopic (exact) mass is 725 g/mol. The van der Waals surface area contributed by atoms with Gasteiger partial charge in [0.25, 0.3) is 0 Å². The van der Waals surface area contributed by atoms with Gasteiger partial charge in [-0.2, -0.15) is 0 Å². The molecule has 3 nitrogen and oxygen atoms in total. The van der Waals surface area contributed by atoms with E-state index in [9.17, 15) is 9.59 Å². The lowest BCUT2D eigenvalue weighted by molar-refractivity contribution is -0.140. The van der Waals surface area contributed by atoms with Gasteiger partial charge in [0.15, 0.2) is 0 Å². The molecular weight excluding hydrogens is 637 g/mol. The van der Waals surface area contributed by atoms with Crippen molar-refractivity contribution in [3.8, 4) is 0 Å². The van der Waals surface area contributed by atoms with Crippen LogP contribution in [0.4, 0.5) is 0 Å². The SMILES string of the molecule is COC(=O)CCC(C)CCCC(C)CCCC(C)CCCC(C)Cc1ccccc1CC(C)CCCC(C)CCCC(C)CCCC(C)CCC=O. The highest BCUT2D eigenvalue weighted by Crippen LogP contribution is 2.27. The molecule has 0 radical (unpaired) electrons. The normalized spacial score (nSPS) is 16.4. The standard InChI is InChI=1S/C49H88O3/c1-39(23-14-25-43(5)31-18-36-50)19-12-21-41(3)26-16-29-45(7)37-47-32-10-11-33-48(47)38-46(8)30-17-27-42(4)22-13-20-40(2)24-15-28-44(6)34-35-49(51)52-9/h10-11,32-33,36,39-46H,12-31,34-35,37-38H2,1-9H3. The fourth-order valence-electron chi connectivity index (χ4n) is 8.48. The fraction of sp³-hybridized carbons (Fsp3) is 0.837. The third-order valence-electron chi connectivity index (χ3n) is 12.5. The van der Waals surface area contributed by atoms with E-state index >= 15 is 0 Å². The molecule has 0 fully saturated rings. The zero-order chi connectivity index (χ0) is 38.6. The fourth-order valence-corrected chi connectivity index (χ4v) is 8.48. The number of hydrogen-bond acceptors (Lipinski definition) is 3. The van der Waals surface area contributed by atoms with Crippen LogP contribution in [0.25, 0.3) is 0 Å². The molecule has 0 bridgehead atoms. The Balaban J connectivity index is 2.21. The highest BCUT2D eigenvalue weighted by molar-refractivity contribution is 5.69. The van der Waals surface area contributed by atoms with Gasteiger partial charge in [0.1, 0.15) is 6.29 Å². The second-order valence-corrected chi connectivity index (χ2v) is 18.5. The molecule has 0 aromatic heterocycles. The van der Waals surface area contributed by atoms with Gasteiger partial charge in [-0.25, -0.2) is 0 Å². The van der Waals surface area contributed by atoms with Crippen molar-refractivity contribution in [3.05, 3.63) is 35.4 Å². The Kier molecular flexibility index (Phi) is 28.5. The topological polar surface area (TPSA) is 43.4 Å². The largest absolute Gasteiger partial charge is 0.469 e. The molecule has 302 valence electrons. The van der Waals surface area contributed by atoms with Crippen molar-refractivity contribution in [1.29, 1.82) is 0 Å². The van der Waals surface area contributed by atoms with E-state index in [-0.39, 0.29) is 5.97 Å². The van der Waals surface area contributed by atoms with Gasteiger partial charge in [-0.05, 0) is 84.2 Å². The number of benzene rings is 1. The Labute approximate surface area is 325 Å². The van der Waals surface area contributed by atoms with Crippen molar-refractivity contribution in [2.45, 2.75) is 209 Å². The van der Waals surface area contributed by atoms with Crippen molar-refractivity contribution in [2.75, 3.05) is 7.11 Å². The molecule has 0 heterocycles. The van der Waals surface area contributed by atoms with E-state index in [1.54, 1.807) is 11.1 Å². The first-order valence-electron chi connectivity index (χ1n) is 22.5. The van der Waals surface area contributed by atoms with Gasteiger partial charge in [0.05, 0.1) is 7.11 Å². The summed E-state index contributed by atoms with van der Waals surface area (Å²) in [5, 5.41) is 0. The maximum Gasteiger partial charge on any atom is 0.305 e. The minimum Gasteiger partial charge on any atom is -0.469 e. The summed E-state index contributed by atoms with van der Waals surface area (Å²) >= 11 is 0. The maximum absolute atomic E-state index is 11.4. The number of hydrogen-bond donors (Lipinski definition) is 0. The van der Waals surface area contributed by atoms with Gasteiger partial charge in [0.2, 0.25) is 0 Å². The summed E-state index contributed by atoms with van der Waals surface area (Å²) in [6, 6.07) is 9.32. The second kappa shape index (κ2) is 30.7. The summed E-state index contributed by atoms with van der Waals surface area (Å²) in [4.78, 5) is 22.0. The number of esters is 1. The van der Waals surface area contributed by atoms with Gasteiger partial charge >= 0.3 is 5.97 Å². The quantitative estimate of drug-likeness (QED) is 0.0525. The lowest BCUT2D eigenvalue weighted by atomic mass is 9.86. The summed E-state index contributed by atoms with van der Waals surface area (Å²) < 4.78 is 4.78. The minimum absolute atomic E-state index is 0.0743. The van der Waals surface area contributed by atoms with Gasteiger partial charge < -0.3 is 9.53 Å². The summed E-state index contributed by atoms with van der Waals surface area (Å²) in [5.74, 6) is 6.07. The number of carbonyl (C=O) groups is 2. The van der Waals surface area contributed by atoms with Gasteiger partial charge in [-0.1, -0.05) is 195 Å². The molecule has 0 aliphatic heterocycles. The number of ether oxygens (including phenoxy) is 1. The van der Waals surface area contributed by atoms with Crippen LogP contribution in [0.3, 0.4) is 0 Å². The van der Waals surface area contributed by atoms with Crippen molar-refractivity contribution in [3.63, 3.8) is 0 Å². The van der Waals surface area contributed by atoms with E-state index in [4.69, 9.17) is 4.74 Å². The molecule has 3 heteroatoms. The Bertz CT molecular complexity index is 1000. The van der Waals surface area contributed by atoms with E-state index in [0.717, 1.165) is 61.1 Å². The Morgan fingerprint density at radius 2 is 0.769 bits per heavy atom. The smallest absolute Gasteiger partial charge is 0.305 e.